The van der Waals surface area contributed by atoms with Gasteiger partial charge < -0.3 is 11.1 Å². The topological polar surface area (TPSA) is 78.9 Å². The van der Waals surface area contributed by atoms with Crippen LogP contribution in [0.5, 0.6) is 0 Å². The Hall–Kier alpha value is -1.08. The van der Waals surface area contributed by atoms with Crippen LogP contribution in [0.25, 0.3) is 0 Å². The lowest BCUT2D eigenvalue weighted by Gasteiger charge is -2.13. The molecule has 16 heavy (non-hydrogen) atoms. The second kappa shape index (κ2) is 8.12. The van der Waals surface area contributed by atoms with Gasteiger partial charge >= 0.3 is 0 Å². The number of hydrogen-bond donors (Lipinski definition) is 2. The number of nitrogens with zero attached hydrogens (tertiary/aromatic N) is 1. The molecule has 4 heteroatoms. The van der Waals surface area contributed by atoms with Gasteiger partial charge in [-0.05, 0) is 26.7 Å². The van der Waals surface area contributed by atoms with E-state index in [1.54, 1.807) is 6.92 Å². The summed E-state index contributed by atoms with van der Waals surface area (Å²) in [5, 5.41) is 11.4. The Balaban J connectivity index is 3.70. The second-order valence-electron chi connectivity index (χ2n) is 4.58. The van der Waals surface area contributed by atoms with Crippen LogP contribution in [-0.4, -0.2) is 18.5 Å². The van der Waals surface area contributed by atoms with Crippen LogP contribution in [0.3, 0.4) is 0 Å². The number of nitrogens with two attached hydrogens (primary N) is 1. The number of carbonyl (C=O) groups excluding carboxylic acids is 1. The van der Waals surface area contributed by atoms with E-state index in [1.807, 2.05) is 13.8 Å². The second-order valence-corrected chi connectivity index (χ2v) is 4.58. The van der Waals surface area contributed by atoms with Crippen LogP contribution in [0.15, 0.2) is 0 Å². The van der Waals surface area contributed by atoms with Gasteiger partial charge in [0.25, 0.3) is 0 Å². The SMILES string of the molecule is CC(N)CCCC(C)C(=O)NCC(C)C#N. The summed E-state index contributed by atoms with van der Waals surface area (Å²) in [6, 6.07) is 2.29. The van der Waals surface area contributed by atoms with Crippen molar-refractivity contribution in [3.05, 3.63) is 0 Å². The Morgan fingerprint density at radius 1 is 1.38 bits per heavy atom. The standard InChI is InChI=1S/C12H23N3O/c1-9(7-13)8-15-12(16)10(2)5-4-6-11(3)14/h9-11H,4-6,8,14H2,1-3H3,(H,15,16). The number of nitrogens with one attached hydrogen (secondary N) is 1. The summed E-state index contributed by atoms with van der Waals surface area (Å²) in [5.41, 5.74) is 5.63. The predicted octanol–water partition coefficient (Wildman–Crippen LogP) is 1.42. The minimum absolute atomic E-state index is 0.00430. The highest BCUT2D eigenvalue weighted by atomic mass is 16.1. The molecule has 0 spiro atoms. The molecule has 0 heterocycles. The molecule has 0 aliphatic heterocycles. The van der Waals surface area contributed by atoms with Crippen molar-refractivity contribution in [1.29, 1.82) is 5.26 Å². The highest BCUT2D eigenvalue weighted by molar-refractivity contribution is 5.78. The van der Waals surface area contributed by atoms with E-state index in [4.69, 9.17) is 11.0 Å². The zero-order valence-electron chi connectivity index (χ0n) is 10.5. The Labute approximate surface area is 98.2 Å². The maximum atomic E-state index is 11.6. The summed E-state index contributed by atoms with van der Waals surface area (Å²) in [5.74, 6) is -0.0865. The molecule has 0 aromatic carbocycles. The Morgan fingerprint density at radius 2 is 2.00 bits per heavy atom. The van der Waals surface area contributed by atoms with Gasteiger partial charge in [0.2, 0.25) is 5.91 Å². The van der Waals surface area contributed by atoms with Crippen molar-refractivity contribution in [3.8, 4) is 6.07 Å². The van der Waals surface area contributed by atoms with Crippen molar-refractivity contribution in [1.82, 2.24) is 5.32 Å². The highest BCUT2D eigenvalue weighted by Crippen LogP contribution is 2.09. The van der Waals surface area contributed by atoms with Crippen LogP contribution in [-0.2, 0) is 4.79 Å². The summed E-state index contributed by atoms with van der Waals surface area (Å²) in [4.78, 5) is 11.6. The van der Waals surface area contributed by atoms with E-state index >= 15 is 0 Å². The molecule has 0 aliphatic rings. The zero-order valence-corrected chi connectivity index (χ0v) is 10.5. The number of amides is 1. The Kier molecular flexibility index (Phi) is 7.57. The molecule has 3 N–H and O–H groups in total. The smallest absolute Gasteiger partial charge is 0.222 e. The van der Waals surface area contributed by atoms with E-state index in [1.165, 1.54) is 0 Å². The molecule has 0 fully saturated rings. The molecule has 92 valence electrons. The lowest BCUT2D eigenvalue weighted by Crippen LogP contribution is -2.32. The summed E-state index contributed by atoms with van der Waals surface area (Å²) < 4.78 is 0. The van der Waals surface area contributed by atoms with Gasteiger partial charge in [-0.1, -0.05) is 13.3 Å². The minimum atomic E-state index is -0.125. The molecule has 3 atom stereocenters. The van der Waals surface area contributed by atoms with E-state index in [0.717, 1.165) is 19.3 Å². The van der Waals surface area contributed by atoms with Gasteiger partial charge in [-0.3, -0.25) is 4.79 Å². The average Bonchev–Trinajstić information content (AvgIpc) is 2.24. The monoisotopic (exact) mass is 225 g/mol. The molecule has 0 rings (SSSR count). The van der Waals surface area contributed by atoms with Gasteiger partial charge in [-0.2, -0.15) is 5.26 Å². The van der Waals surface area contributed by atoms with E-state index in [-0.39, 0.29) is 23.8 Å². The zero-order chi connectivity index (χ0) is 12.6. The minimum Gasteiger partial charge on any atom is -0.355 e. The normalized spacial score (nSPS) is 15.9. The third-order valence-electron chi connectivity index (χ3n) is 2.55. The third-order valence-corrected chi connectivity index (χ3v) is 2.55. The molecule has 0 aromatic heterocycles. The lowest BCUT2D eigenvalue weighted by molar-refractivity contribution is -0.124. The molecule has 0 saturated heterocycles. The lowest BCUT2D eigenvalue weighted by atomic mass is 10.0. The summed E-state index contributed by atoms with van der Waals surface area (Å²) >= 11 is 0. The fourth-order valence-corrected chi connectivity index (χ4v) is 1.35. The first-order chi connectivity index (χ1) is 7.47. The first-order valence-electron chi connectivity index (χ1n) is 5.90. The molecule has 4 nitrogen and oxygen atoms in total. The van der Waals surface area contributed by atoms with Gasteiger partial charge in [0.15, 0.2) is 0 Å². The molecule has 0 aromatic rings. The van der Waals surface area contributed by atoms with E-state index < -0.39 is 0 Å². The van der Waals surface area contributed by atoms with Gasteiger partial charge in [0, 0.05) is 18.5 Å². The van der Waals surface area contributed by atoms with Crippen molar-refractivity contribution < 1.29 is 4.79 Å². The van der Waals surface area contributed by atoms with Gasteiger partial charge in [-0.25, -0.2) is 0 Å². The number of hydrogen-bond acceptors (Lipinski definition) is 3. The van der Waals surface area contributed by atoms with Gasteiger partial charge in [0.1, 0.15) is 0 Å². The van der Waals surface area contributed by atoms with Crippen molar-refractivity contribution in [2.75, 3.05) is 6.54 Å². The fourth-order valence-electron chi connectivity index (χ4n) is 1.35. The summed E-state index contributed by atoms with van der Waals surface area (Å²) in [6.07, 6.45) is 2.78. The van der Waals surface area contributed by atoms with E-state index in [0.29, 0.717) is 6.54 Å². The van der Waals surface area contributed by atoms with Crippen molar-refractivity contribution >= 4 is 5.91 Å². The van der Waals surface area contributed by atoms with Crippen LogP contribution >= 0.6 is 0 Å². The summed E-state index contributed by atoms with van der Waals surface area (Å²) in [6.45, 7) is 6.11. The third kappa shape index (κ3) is 7.24. The first-order valence-corrected chi connectivity index (χ1v) is 5.90. The number of carbonyl (C=O) groups is 1. The summed E-state index contributed by atoms with van der Waals surface area (Å²) in [7, 11) is 0. The molecule has 0 saturated carbocycles. The van der Waals surface area contributed by atoms with E-state index in [9.17, 15) is 4.79 Å². The van der Waals surface area contributed by atoms with Crippen LogP contribution in [0.1, 0.15) is 40.0 Å². The largest absolute Gasteiger partial charge is 0.355 e. The fraction of sp³-hybridized carbons (Fsp3) is 0.833. The molecular formula is C12H23N3O. The number of rotatable bonds is 7. The highest BCUT2D eigenvalue weighted by Gasteiger charge is 2.13. The van der Waals surface area contributed by atoms with E-state index in [2.05, 4.69) is 11.4 Å². The van der Waals surface area contributed by atoms with Crippen LogP contribution in [0.2, 0.25) is 0 Å². The quantitative estimate of drug-likeness (QED) is 0.687. The molecule has 0 bridgehead atoms. The Morgan fingerprint density at radius 3 is 2.50 bits per heavy atom. The molecule has 3 unspecified atom stereocenters. The Bertz CT molecular complexity index is 245. The van der Waals surface area contributed by atoms with Crippen LogP contribution < -0.4 is 11.1 Å². The maximum absolute atomic E-state index is 11.6. The maximum Gasteiger partial charge on any atom is 0.222 e. The number of nitriles is 1. The average molecular weight is 225 g/mol. The van der Waals surface area contributed by atoms with Crippen molar-refractivity contribution in [2.24, 2.45) is 17.6 Å². The predicted molar refractivity (Wildman–Crippen MR) is 64.5 cm³/mol. The molecule has 0 radical (unpaired) electrons. The van der Waals surface area contributed by atoms with Gasteiger partial charge in [-0.15, -0.1) is 0 Å². The van der Waals surface area contributed by atoms with Crippen molar-refractivity contribution in [3.63, 3.8) is 0 Å². The first kappa shape index (κ1) is 14.9. The van der Waals surface area contributed by atoms with Crippen LogP contribution in [0, 0.1) is 23.2 Å². The van der Waals surface area contributed by atoms with Gasteiger partial charge in [0.05, 0.1) is 12.0 Å². The molecular weight excluding hydrogens is 202 g/mol. The van der Waals surface area contributed by atoms with Crippen LogP contribution in [0.4, 0.5) is 0 Å². The van der Waals surface area contributed by atoms with Crippen molar-refractivity contribution in [2.45, 2.75) is 46.1 Å². The molecule has 1 amide bonds. The molecule has 0 aliphatic carbocycles.